The van der Waals surface area contributed by atoms with Crippen molar-refractivity contribution in [2.45, 2.75) is 17.3 Å². The molecule has 0 bridgehead atoms. The highest BCUT2D eigenvalue weighted by atomic mass is 32.2. The molecule has 7 nitrogen and oxygen atoms in total. The minimum atomic E-state index is -4.65. The Bertz CT molecular complexity index is 992. The molecule has 0 saturated carbocycles. The Morgan fingerprint density at radius 1 is 1.10 bits per heavy atom. The molecule has 0 aliphatic rings. The normalized spacial score (nSPS) is 12.1. The molecule has 0 aliphatic carbocycles. The Morgan fingerprint density at radius 2 is 1.77 bits per heavy atom. The van der Waals surface area contributed by atoms with E-state index in [0.717, 1.165) is 32.7 Å². The Balaban J connectivity index is 2.05. The molecule has 0 saturated heterocycles. The maximum atomic E-state index is 13.1. The van der Waals surface area contributed by atoms with E-state index in [-0.39, 0.29) is 10.8 Å². The van der Waals surface area contributed by atoms with Crippen LogP contribution >= 0.6 is 11.3 Å². The van der Waals surface area contributed by atoms with Crippen LogP contribution in [0.5, 0.6) is 0 Å². The number of sulfonamides is 1. The Hall–Kier alpha value is -2.44. The second-order valence-electron chi connectivity index (χ2n) is 6.19. The largest absolute Gasteiger partial charge is 0.418 e. The first-order valence-electron chi connectivity index (χ1n) is 8.70. The number of thiophene rings is 1. The first kappa shape index (κ1) is 23.8. The van der Waals surface area contributed by atoms with E-state index in [2.05, 4.69) is 5.32 Å². The van der Waals surface area contributed by atoms with Crippen molar-refractivity contribution in [2.24, 2.45) is 0 Å². The molecule has 1 aromatic carbocycles. The zero-order valence-corrected chi connectivity index (χ0v) is 17.8. The zero-order valence-electron chi connectivity index (χ0n) is 16.1. The summed E-state index contributed by atoms with van der Waals surface area (Å²) in [6, 6.07) is 7.46. The summed E-state index contributed by atoms with van der Waals surface area (Å²) in [6.07, 6.45) is -4.65. The van der Waals surface area contributed by atoms with Crippen molar-refractivity contribution >= 4 is 38.9 Å². The second kappa shape index (κ2) is 9.58. The number of likely N-dealkylation sites (N-methyl/N-ethyl adjacent to an activating group) is 2. The number of halogens is 3. The summed E-state index contributed by atoms with van der Waals surface area (Å²) >= 11 is 1.00. The SMILES string of the molecule is CCN(CC(=O)Nc1ccccc1C(F)(F)F)C(=O)CN(C)S(=O)(=O)c1cccs1. The lowest BCUT2D eigenvalue weighted by atomic mass is 10.1. The predicted octanol–water partition coefficient (Wildman–Crippen LogP) is 2.87. The standard InChI is InChI=1S/C18H20F3N3O4S2/c1-3-24(16(26)12-23(2)30(27,28)17-9-6-10-29-17)11-15(25)22-14-8-5-4-7-13(14)18(19,20)21/h4-10H,3,11-12H2,1-2H3,(H,22,25). The van der Waals surface area contributed by atoms with Crippen LogP contribution < -0.4 is 5.32 Å². The molecule has 0 fully saturated rings. The number of amides is 2. The number of benzene rings is 1. The lowest BCUT2D eigenvalue weighted by molar-refractivity contribution is -0.137. The van der Waals surface area contributed by atoms with Gasteiger partial charge in [-0.25, -0.2) is 8.42 Å². The summed E-state index contributed by atoms with van der Waals surface area (Å²) in [5.41, 5.74) is -1.43. The van der Waals surface area contributed by atoms with Gasteiger partial charge in [-0.05, 0) is 30.5 Å². The van der Waals surface area contributed by atoms with Crippen molar-refractivity contribution in [3.05, 3.63) is 47.3 Å². The number of hydrogen-bond acceptors (Lipinski definition) is 5. The summed E-state index contributed by atoms with van der Waals surface area (Å²) < 4.78 is 64.9. The summed E-state index contributed by atoms with van der Waals surface area (Å²) in [4.78, 5) is 25.8. The molecule has 0 spiro atoms. The highest BCUT2D eigenvalue weighted by Crippen LogP contribution is 2.34. The number of nitrogens with zero attached hydrogens (tertiary/aromatic N) is 2. The molecule has 1 N–H and O–H groups in total. The molecular weight excluding hydrogens is 443 g/mol. The lowest BCUT2D eigenvalue weighted by Crippen LogP contribution is -2.44. The van der Waals surface area contributed by atoms with Crippen LogP contribution in [0.4, 0.5) is 18.9 Å². The molecule has 0 unspecified atom stereocenters. The highest BCUT2D eigenvalue weighted by molar-refractivity contribution is 7.91. The Labute approximate surface area is 176 Å². The van der Waals surface area contributed by atoms with E-state index in [4.69, 9.17) is 0 Å². The van der Waals surface area contributed by atoms with Gasteiger partial charge in [0.1, 0.15) is 4.21 Å². The van der Waals surface area contributed by atoms with E-state index in [1.54, 1.807) is 18.4 Å². The minimum Gasteiger partial charge on any atom is -0.333 e. The monoisotopic (exact) mass is 463 g/mol. The third-order valence-electron chi connectivity index (χ3n) is 4.09. The first-order chi connectivity index (χ1) is 14.0. The van der Waals surface area contributed by atoms with Crippen molar-refractivity contribution in [3.63, 3.8) is 0 Å². The number of rotatable bonds is 8. The minimum absolute atomic E-state index is 0.0695. The molecule has 2 aromatic rings. The molecule has 0 radical (unpaired) electrons. The van der Waals surface area contributed by atoms with Crippen LogP contribution in [0.3, 0.4) is 0 Å². The molecule has 0 aliphatic heterocycles. The van der Waals surface area contributed by atoms with Crippen LogP contribution in [0, 0.1) is 0 Å². The number of alkyl halides is 3. The average molecular weight is 464 g/mol. The molecule has 2 rings (SSSR count). The highest BCUT2D eigenvalue weighted by Gasteiger charge is 2.34. The first-order valence-corrected chi connectivity index (χ1v) is 11.0. The van der Waals surface area contributed by atoms with E-state index in [1.165, 1.54) is 25.2 Å². The van der Waals surface area contributed by atoms with Crippen LogP contribution in [0.25, 0.3) is 0 Å². The van der Waals surface area contributed by atoms with Gasteiger partial charge < -0.3 is 10.2 Å². The van der Waals surface area contributed by atoms with Crippen LogP contribution in [-0.4, -0.2) is 56.1 Å². The van der Waals surface area contributed by atoms with Crippen molar-refractivity contribution < 1.29 is 31.2 Å². The second-order valence-corrected chi connectivity index (χ2v) is 9.41. The van der Waals surface area contributed by atoms with E-state index >= 15 is 0 Å². The van der Waals surface area contributed by atoms with Gasteiger partial charge in [0.25, 0.3) is 10.0 Å². The maximum absolute atomic E-state index is 13.1. The van der Waals surface area contributed by atoms with Crippen molar-refractivity contribution in [2.75, 3.05) is 32.0 Å². The third kappa shape index (κ3) is 5.80. The molecular formula is C18H20F3N3O4S2. The number of carbonyl (C=O) groups excluding carboxylic acids is 2. The third-order valence-corrected chi connectivity index (χ3v) is 7.27. The van der Waals surface area contributed by atoms with Gasteiger partial charge in [0, 0.05) is 13.6 Å². The van der Waals surface area contributed by atoms with Gasteiger partial charge in [-0.3, -0.25) is 9.59 Å². The zero-order chi connectivity index (χ0) is 22.5. The molecule has 0 atom stereocenters. The van der Waals surface area contributed by atoms with Gasteiger partial charge in [0.15, 0.2) is 0 Å². The smallest absolute Gasteiger partial charge is 0.333 e. The quantitative estimate of drug-likeness (QED) is 0.652. The Morgan fingerprint density at radius 3 is 2.33 bits per heavy atom. The van der Waals surface area contributed by atoms with E-state index in [1.807, 2.05) is 0 Å². The van der Waals surface area contributed by atoms with Crippen molar-refractivity contribution in [1.82, 2.24) is 9.21 Å². The molecule has 1 aromatic heterocycles. The number of hydrogen-bond donors (Lipinski definition) is 1. The van der Waals surface area contributed by atoms with E-state index < -0.39 is 52.4 Å². The molecule has 30 heavy (non-hydrogen) atoms. The van der Waals surface area contributed by atoms with E-state index in [0.29, 0.717) is 0 Å². The van der Waals surface area contributed by atoms with Crippen LogP contribution in [-0.2, 0) is 25.8 Å². The van der Waals surface area contributed by atoms with E-state index in [9.17, 15) is 31.2 Å². The average Bonchev–Trinajstić information content (AvgIpc) is 3.21. The number of nitrogens with one attached hydrogen (secondary N) is 1. The van der Waals surface area contributed by atoms with Crippen molar-refractivity contribution in [3.8, 4) is 0 Å². The van der Waals surface area contributed by atoms with Gasteiger partial charge in [-0.15, -0.1) is 11.3 Å². The van der Waals surface area contributed by atoms with Gasteiger partial charge in [0.2, 0.25) is 11.8 Å². The van der Waals surface area contributed by atoms with Crippen LogP contribution in [0.1, 0.15) is 12.5 Å². The fourth-order valence-corrected chi connectivity index (χ4v) is 4.84. The summed E-state index contributed by atoms with van der Waals surface area (Å²) in [6.45, 7) is 0.609. The number of para-hydroxylation sites is 1. The number of anilines is 1. The lowest BCUT2D eigenvalue weighted by Gasteiger charge is -2.24. The fourth-order valence-electron chi connectivity index (χ4n) is 2.52. The van der Waals surface area contributed by atoms with Crippen LogP contribution in [0.2, 0.25) is 0 Å². The van der Waals surface area contributed by atoms with Crippen LogP contribution in [0.15, 0.2) is 46.0 Å². The van der Waals surface area contributed by atoms with Gasteiger partial charge >= 0.3 is 6.18 Å². The molecule has 1 heterocycles. The molecule has 12 heteroatoms. The summed E-state index contributed by atoms with van der Waals surface area (Å²) in [5, 5.41) is 3.75. The fraction of sp³-hybridized carbons (Fsp3) is 0.333. The predicted molar refractivity (Wildman–Crippen MR) is 106 cm³/mol. The van der Waals surface area contributed by atoms with Gasteiger partial charge in [-0.2, -0.15) is 17.5 Å². The topological polar surface area (TPSA) is 86.8 Å². The van der Waals surface area contributed by atoms with Gasteiger partial charge in [-0.1, -0.05) is 18.2 Å². The maximum Gasteiger partial charge on any atom is 0.418 e. The van der Waals surface area contributed by atoms with Crippen molar-refractivity contribution in [1.29, 1.82) is 0 Å². The summed E-state index contributed by atoms with van der Waals surface area (Å²) in [5.74, 6) is -1.48. The van der Waals surface area contributed by atoms with Gasteiger partial charge in [0.05, 0.1) is 24.3 Å². The molecule has 164 valence electrons. The Kier molecular flexibility index (Phi) is 7.61. The number of carbonyl (C=O) groups is 2. The molecule has 2 amide bonds. The summed E-state index contributed by atoms with van der Waals surface area (Å²) in [7, 11) is -2.62.